The summed E-state index contributed by atoms with van der Waals surface area (Å²) in [7, 11) is 0. The third-order valence-corrected chi connectivity index (χ3v) is 3.10. The Hall–Kier alpha value is -2.08. The molecule has 0 aliphatic rings. The molecule has 1 amide bonds. The van der Waals surface area contributed by atoms with Crippen LogP contribution in [-0.4, -0.2) is 35.9 Å². The van der Waals surface area contributed by atoms with Crippen molar-refractivity contribution in [1.29, 1.82) is 0 Å². The number of alkyl carbamates (subject to hydrolysis) is 1. The van der Waals surface area contributed by atoms with Gasteiger partial charge in [-0.25, -0.2) is 9.59 Å². The zero-order chi connectivity index (χ0) is 19.0. The van der Waals surface area contributed by atoms with E-state index in [0.29, 0.717) is 6.61 Å². The number of nitrogens with one attached hydrogen (secondary N) is 1. The lowest BCUT2D eigenvalue weighted by Gasteiger charge is -2.27. The number of carbonyl (C=O) groups is 2. The van der Waals surface area contributed by atoms with Gasteiger partial charge in [0.1, 0.15) is 5.60 Å². The van der Waals surface area contributed by atoms with Crippen LogP contribution in [0, 0.1) is 0 Å². The van der Waals surface area contributed by atoms with E-state index < -0.39 is 29.8 Å². The highest BCUT2D eigenvalue weighted by molar-refractivity contribution is 5.82. The van der Waals surface area contributed by atoms with Gasteiger partial charge in [0.2, 0.25) is 0 Å². The van der Waals surface area contributed by atoms with Gasteiger partial charge < -0.3 is 19.5 Å². The van der Waals surface area contributed by atoms with Gasteiger partial charge in [-0.15, -0.1) is 0 Å². The minimum absolute atomic E-state index is 0.295. The fraction of sp³-hybridized carbons (Fsp3) is 0.579. The predicted octanol–water partition coefficient (Wildman–Crippen LogP) is 3.44. The van der Waals surface area contributed by atoms with Crippen LogP contribution in [0.4, 0.5) is 4.79 Å². The lowest BCUT2D eigenvalue weighted by atomic mass is 10.1. The molecule has 0 aliphatic heterocycles. The van der Waals surface area contributed by atoms with Crippen LogP contribution in [0.5, 0.6) is 0 Å². The normalized spacial score (nSPS) is 13.9. The molecular formula is C19H29NO5. The van der Waals surface area contributed by atoms with Crippen LogP contribution in [-0.2, 0) is 25.6 Å². The molecular weight excluding hydrogens is 322 g/mol. The van der Waals surface area contributed by atoms with Crippen molar-refractivity contribution in [1.82, 2.24) is 5.32 Å². The van der Waals surface area contributed by atoms with Crippen molar-refractivity contribution in [3.8, 4) is 0 Å². The molecule has 140 valence electrons. The second-order valence-electron chi connectivity index (χ2n) is 7.11. The molecule has 1 N–H and O–H groups in total. The van der Waals surface area contributed by atoms with Crippen molar-refractivity contribution in [3.05, 3.63) is 35.9 Å². The Morgan fingerprint density at radius 1 is 1.08 bits per heavy atom. The van der Waals surface area contributed by atoms with Crippen molar-refractivity contribution >= 4 is 12.1 Å². The predicted molar refractivity (Wildman–Crippen MR) is 95.1 cm³/mol. The number of amides is 1. The third kappa shape index (κ3) is 8.54. The molecule has 6 nitrogen and oxygen atoms in total. The van der Waals surface area contributed by atoms with Gasteiger partial charge in [0.05, 0.1) is 18.8 Å². The standard InChI is InChI=1S/C19H29NO5/c1-13(2)24-17(21)16(20-18(22)25-19(4,5)6)14(3)23-12-15-10-8-7-9-11-15/h7-11,13-14,16H,12H2,1-6H3,(H,20,22)/t14-,16+/m0/s1. The summed E-state index contributed by atoms with van der Waals surface area (Å²) in [6.07, 6.45) is -1.57. The smallest absolute Gasteiger partial charge is 0.408 e. The minimum Gasteiger partial charge on any atom is -0.461 e. The van der Waals surface area contributed by atoms with E-state index in [1.807, 2.05) is 30.3 Å². The second kappa shape index (κ2) is 9.42. The van der Waals surface area contributed by atoms with Gasteiger partial charge in [-0.2, -0.15) is 0 Å². The summed E-state index contributed by atoms with van der Waals surface area (Å²) in [6, 6.07) is 8.63. The summed E-state index contributed by atoms with van der Waals surface area (Å²) < 4.78 is 16.2. The first-order valence-corrected chi connectivity index (χ1v) is 8.44. The van der Waals surface area contributed by atoms with Crippen molar-refractivity contribution in [2.24, 2.45) is 0 Å². The fourth-order valence-electron chi connectivity index (χ4n) is 2.01. The average molecular weight is 351 g/mol. The highest BCUT2D eigenvalue weighted by atomic mass is 16.6. The number of hydrogen-bond donors (Lipinski definition) is 1. The molecule has 1 aromatic carbocycles. The minimum atomic E-state index is -0.957. The Labute approximate surface area is 149 Å². The van der Waals surface area contributed by atoms with Gasteiger partial charge in [0.25, 0.3) is 0 Å². The first kappa shape index (κ1) is 21.0. The Morgan fingerprint density at radius 2 is 1.68 bits per heavy atom. The molecule has 0 unspecified atom stereocenters. The Bertz CT molecular complexity index is 551. The molecule has 1 rings (SSSR count). The van der Waals surface area contributed by atoms with Crippen LogP contribution in [0.1, 0.15) is 47.1 Å². The number of rotatable bonds is 7. The maximum atomic E-state index is 12.3. The topological polar surface area (TPSA) is 73.9 Å². The maximum Gasteiger partial charge on any atom is 0.408 e. The highest BCUT2D eigenvalue weighted by Crippen LogP contribution is 2.11. The first-order chi connectivity index (χ1) is 11.6. The van der Waals surface area contributed by atoms with Gasteiger partial charge in [-0.3, -0.25) is 0 Å². The van der Waals surface area contributed by atoms with E-state index >= 15 is 0 Å². The monoisotopic (exact) mass is 351 g/mol. The SMILES string of the molecule is CC(C)OC(=O)[C@H](NC(=O)OC(C)(C)C)[C@H](C)OCc1ccccc1. The number of ether oxygens (including phenoxy) is 3. The van der Waals surface area contributed by atoms with Crippen LogP contribution in [0.3, 0.4) is 0 Å². The number of esters is 1. The van der Waals surface area contributed by atoms with Crippen LogP contribution in [0.2, 0.25) is 0 Å². The summed E-state index contributed by atoms with van der Waals surface area (Å²) in [6.45, 7) is 10.8. The van der Waals surface area contributed by atoms with E-state index in [9.17, 15) is 9.59 Å². The zero-order valence-electron chi connectivity index (χ0n) is 15.9. The Balaban J connectivity index is 2.74. The third-order valence-electron chi connectivity index (χ3n) is 3.10. The van der Waals surface area contributed by atoms with Gasteiger partial charge in [-0.05, 0) is 47.1 Å². The highest BCUT2D eigenvalue weighted by Gasteiger charge is 2.31. The quantitative estimate of drug-likeness (QED) is 0.762. The maximum absolute atomic E-state index is 12.3. The van der Waals surface area contributed by atoms with E-state index in [0.717, 1.165) is 5.56 Å². The molecule has 0 bridgehead atoms. The molecule has 6 heteroatoms. The van der Waals surface area contributed by atoms with Crippen LogP contribution in [0.25, 0.3) is 0 Å². The molecule has 25 heavy (non-hydrogen) atoms. The average Bonchev–Trinajstić information content (AvgIpc) is 2.48. The lowest BCUT2D eigenvalue weighted by molar-refractivity contribution is -0.154. The van der Waals surface area contributed by atoms with Crippen molar-refractivity contribution in [2.75, 3.05) is 0 Å². The molecule has 0 fully saturated rings. The van der Waals surface area contributed by atoms with Crippen LogP contribution >= 0.6 is 0 Å². The Morgan fingerprint density at radius 3 is 2.20 bits per heavy atom. The molecule has 1 aromatic rings. The Kier molecular flexibility index (Phi) is 7.90. The summed E-state index contributed by atoms with van der Waals surface area (Å²) in [5.41, 5.74) is 0.313. The molecule has 0 saturated carbocycles. The summed E-state index contributed by atoms with van der Waals surface area (Å²) in [4.78, 5) is 24.4. The molecule has 0 saturated heterocycles. The zero-order valence-corrected chi connectivity index (χ0v) is 15.9. The van der Waals surface area contributed by atoms with Gasteiger partial charge in [0.15, 0.2) is 6.04 Å². The lowest BCUT2D eigenvalue weighted by Crippen LogP contribution is -2.51. The van der Waals surface area contributed by atoms with E-state index in [1.54, 1.807) is 41.5 Å². The molecule has 0 spiro atoms. The first-order valence-electron chi connectivity index (χ1n) is 8.44. The van der Waals surface area contributed by atoms with E-state index in [-0.39, 0.29) is 6.10 Å². The summed E-state index contributed by atoms with van der Waals surface area (Å²) in [5, 5.41) is 2.55. The van der Waals surface area contributed by atoms with E-state index in [4.69, 9.17) is 14.2 Å². The molecule has 0 aliphatic carbocycles. The van der Waals surface area contributed by atoms with Crippen molar-refractivity contribution < 1.29 is 23.8 Å². The largest absolute Gasteiger partial charge is 0.461 e. The van der Waals surface area contributed by atoms with Gasteiger partial charge in [0, 0.05) is 0 Å². The summed E-state index contributed by atoms with van der Waals surface area (Å²) in [5.74, 6) is -0.554. The van der Waals surface area contributed by atoms with Crippen LogP contribution < -0.4 is 5.32 Å². The number of hydrogen-bond acceptors (Lipinski definition) is 5. The van der Waals surface area contributed by atoms with Gasteiger partial charge >= 0.3 is 12.1 Å². The molecule has 2 atom stereocenters. The van der Waals surface area contributed by atoms with Gasteiger partial charge in [-0.1, -0.05) is 30.3 Å². The van der Waals surface area contributed by atoms with E-state index in [1.165, 1.54) is 0 Å². The number of carbonyl (C=O) groups excluding carboxylic acids is 2. The summed E-state index contributed by atoms with van der Waals surface area (Å²) >= 11 is 0. The van der Waals surface area contributed by atoms with E-state index in [2.05, 4.69) is 5.32 Å². The van der Waals surface area contributed by atoms with Crippen molar-refractivity contribution in [3.63, 3.8) is 0 Å². The fourth-order valence-corrected chi connectivity index (χ4v) is 2.01. The second-order valence-corrected chi connectivity index (χ2v) is 7.11. The molecule has 0 radical (unpaired) electrons. The molecule has 0 heterocycles. The molecule has 0 aromatic heterocycles. The van der Waals surface area contributed by atoms with Crippen LogP contribution in [0.15, 0.2) is 30.3 Å². The number of benzene rings is 1. The van der Waals surface area contributed by atoms with Crippen molar-refractivity contribution in [2.45, 2.75) is 72.0 Å².